The summed E-state index contributed by atoms with van der Waals surface area (Å²) < 4.78 is 5.08. The monoisotopic (exact) mass is 398 g/mol. The minimum absolute atomic E-state index is 0.0632. The summed E-state index contributed by atoms with van der Waals surface area (Å²) in [6.07, 6.45) is 15.4. The fourth-order valence-corrected chi connectivity index (χ4v) is 2.83. The van der Waals surface area contributed by atoms with Crippen molar-refractivity contribution in [3.05, 3.63) is 85.2 Å². The van der Waals surface area contributed by atoms with Gasteiger partial charge in [0.15, 0.2) is 0 Å². The van der Waals surface area contributed by atoms with Gasteiger partial charge >= 0.3 is 0 Å². The molecule has 6 nitrogen and oxygen atoms in total. The van der Waals surface area contributed by atoms with Crippen LogP contribution in [0.5, 0.6) is 0 Å². The van der Waals surface area contributed by atoms with Crippen LogP contribution in [-0.4, -0.2) is 40.3 Å². The molecule has 30 heavy (non-hydrogen) atoms. The molecule has 0 aliphatic heterocycles. The predicted octanol–water partition coefficient (Wildman–Crippen LogP) is 4.29. The highest BCUT2D eigenvalue weighted by molar-refractivity contribution is 5.81. The first kappa shape index (κ1) is 20.6. The Morgan fingerprint density at radius 3 is 2.87 bits per heavy atom. The molecule has 0 aliphatic rings. The van der Waals surface area contributed by atoms with Crippen molar-refractivity contribution in [1.29, 1.82) is 0 Å². The summed E-state index contributed by atoms with van der Waals surface area (Å²) in [6.45, 7) is 4.40. The first-order chi connectivity index (χ1) is 14.6. The van der Waals surface area contributed by atoms with E-state index in [1.165, 1.54) is 19.3 Å². The number of terminal acetylenes is 1. The zero-order valence-corrected chi connectivity index (χ0v) is 16.7. The molecule has 0 bridgehead atoms. The molecule has 2 heterocycles. The number of ether oxygens (including phenoxy) is 1. The second-order valence-electron chi connectivity index (χ2n) is 6.34. The molecule has 2 aromatic heterocycles. The number of anilines is 1. The number of hydrogen-bond donors (Lipinski definition) is 1. The Labute approximate surface area is 175 Å². The van der Waals surface area contributed by atoms with Gasteiger partial charge in [0.2, 0.25) is 0 Å². The fourth-order valence-electron chi connectivity index (χ4n) is 2.83. The number of aliphatic hydroxyl groups is 1. The van der Waals surface area contributed by atoms with E-state index >= 15 is 0 Å². The number of hydrogen-bond acceptors (Lipinski definition) is 6. The van der Waals surface area contributed by atoms with E-state index in [0.717, 1.165) is 28.0 Å². The molecule has 1 N–H and O–H groups in total. The van der Waals surface area contributed by atoms with Crippen molar-refractivity contribution in [2.24, 2.45) is 0 Å². The Bertz CT molecular complexity index is 1130. The molecule has 0 spiro atoms. The normalized spacial score (nSPS) is 11.7. The quantitative estimate of drug-likeness (QED) is 0.347. The number of rotatable bonds is 8. The molecule has 0 aliphatic carbocycles. The van der Waals surface area contributed by atoms with Gasteiger partial charge < -0.3 is 14.7 Å². The van der Waals surface area contributed by atoms with Crippen LogP contribution in [0.2, 0.25) is 0 Å². The van der Waals surface area contributed by atoms with Crippen molar-refractivity contribution in [3.63, 3.8) is 0 Å². The smallest absolute Gasteiger partial charge is 0.121 e. The van der Waals surface area contributed by atoms with Crippen molar-refractivity contribution in [3.8, 4) is 23.6 Å². The van der Waals surface area contributed by atoms with Gasteiger partial charge in [0, 0.05) is 36.3 Å². The van der Waals surface area contributed by atoms with E-state index < -0.39 is 0 Å². The van der Waals surface area contributed by atoms with E-state index in [2.05, 4.69) is 22.5 Å². The lowest BCUT2D eigenvalue weighted by molar-refractivity contribution is 0.303. The van der Waals surface area contributed by atoms with Gasteiger partial charge in [-0.1, -0.05) is 12.5 Å². The summed E-state index contributed by atoms with van der Waals surface area (Å²) in [7, 11) is 1.52. The van der Waals surface area contributed by atoms with Crippen molar-refractivity contribution >= 4 is 16.7 Å². The lowest BCUT2D eigenvalue weighted by atomic mass is 10.2. The molecular weight excluding hydrogens is 376 g/mol. The van der Waals surface area contributed by atoms with Crippen LogP contribution < -0.4 is 4.90 Å². The highest BCUT2D eigenvalue weighted by atomic mass is 16.5. The largest absolute Gasteiger partial charge is 0.508 e. The third-order valence-corrected chi connectivity index (χ3v) is 4.38. The minimum Gasteiger partial charge on any atom is -0.508 e. The van der Waals surface area contributed by atoms with Gasteiger partial charge in [-0.05, 0) is 42.5 Å². The Morgan fingerprint density at radius 1 is 1.30 bits per heavy atom. The highest BCUT2D eigenvalue weighted by Gasteiger charge is 2.08. The number of aromatic nitrogens is 3. The van der Waals surface area contributed by atoms with Crippen LogP contribution in [0.4, 0.5) is 5.69 Å². The molecule has 0 amide bonds. The molecule has 0 radical (unpaired) electrons. The van der Waals surface area contributed by atoms with E-state index in [4.69, 9.17) is 16.1 Å². The first-order valence-electron chi connectivity index (χ1n) is 9.27. The van der Waals surface area contributed by atoms with Crippen molar-refractivity contribution in [2.75, 3.05) is 25.1 Å². The SMILES string of the molecule is C#CCN(C/C=C(O)\C=C(/C=C)OC)c1ccc2ncc(-c3cccnc3)nc2c1. The Hall–Kier alpha value is -4.11. The summed E-state index contributed by atoms with van der Waals surface area (Å²) in [4.78, 5) is 15.3. The third kappa shape index (κ3) is 5.03. The van der Waals surface area contributed by atoms with Gasteiger partial charge in [0.1, 0.15) is 11.5 Å². The lowest BCUT2D eigenvalue weighted by Gasteiger charge is -2.21. The first-order valence-corrected chi connectivity index (χ1v) is 9.27. The van der Waals surface area contributed by atoms with Crippen LogP contribution in [0.3, 0.4) is 0 Å². The molecule has 150 valence electrons. The van der Waals surface area contributed by atoms with E-state index in [-0.39, 0.29) is 5.76 Å². The number of methoxy groups -OCH3 is 1. The second-order valence-corrected chi connectivity index (χ2v) is 6.34. The Morgan fingerprint density at radius 2 is 2.17 bits per heavy atom. The maximum absolute atomic E-state index is 10.1. The van der Waals surface area contributed by atoms with E-state index in [1.54, 1.807) is 24.7 Å². The highest BCUT2D eigenvalue weighted by Crippen LogP contribution is 2.23. The summed E-state index contributed by atoms with van der Waals surface area (Å²) in [5.41, 5.74) is 4.05. The molecule has 3 rings (SSSR count). The van der Waals surface area contributed by atoms with Crippen LogP contribution in [0, 0.1) is 12.3 Å². The summed E-state index contributed by atoms with van der Waals surface area (Å²) in [5.74, 6) is 3.18. The average molecular weight is 398 g/mol. The molecule has 3 aromatic rings. The summed E-state index contributed by atoms with van der Waals surface area (Å²) in [6, 6.07) is 9.57. The van der Waals surface area contributed by atoms with Gasteiger partial charge in [-0.25, -0.2) is 4.98 Å². The fraction of sp³-hybridized carbons (Fsp3) is 0.125. The number of benzene rings is 1. The van der Waals surface area contributed by atoms with Crippen molar-refractivity contribution in [2.45, 2.75) is 0 Å². The molecule has 0 saturated heterocycles. The zero-order valence-electron chi connectivity index (χ0n) is 16.7. The van der Waals surface area contributed by atoms with Crippen LogP contribution in [0.25, 0.3) is 22.3 Å². The van der Waals surface area contributed by atoms with Crippen LogP contribution >= 0.6 is 0 Å². The van der Waals surface area contributed by atoms with E-state index in [9.17, 15) is 5.11 Å². The molecular formula is C24H22N4O2. The van der Waals surface area contributed by atoms with Gasteiger partial charge in [0.25, 0.3) is 0 Å². The lowest BCUT2D eigenvalue weighted by Crippen LogP contribution is -2.23. The maximum Gasteiger partial charge on any atom is 0.121 e. The standard InChI is InChI=1S/C24H22N4O2/c1-4-12-28(13-10-20(29)15-21(5-2)30-3)19-8-9-22-23(14-19)27-24(17-26-22)18-7-6-11-25-16-18/h1,5-11,14-17,29H,2,12-13H2,3H3/b20-10+,21-15+. The van der Waals surface area contributed by atoms with E-state index in [1.807, 2.05) is 35.2 Å². The predicted molar refractivity (Wildman–Crippen MR) is 120 cm³/mol. The topological polar surface area (TPSA) is 71.4 Å². The molecule has 6 heteroatoms. The van der Waals surface area contributed by atoms with Gasteiger partial charge in [0.05, 0.1) is 36.6 Å². The number of nitrogens with zero attached hydrogens (tertiary/aromatic N) is 4. The van der Waals surface area contributed by atoms with Crippen LogP contribution in [0.1, 0.15) is 0 Å². The molecule has 0 saturated carbocycles. The number of pyridine rings is 1. The minimum atomic E-state index is 0.0632. The number of fused-ring (bicyclic) bond motifs is 1. The second kappa shape index (κ2) is 9.89. The Balaban J connectivity index is 1.90. The van der Waals surface area contributed by atoms with Crippen LogP contribution in [-0.2, 0) is 4.74 Å². The molecule has 0 fully saturated rings. The van der Waals surface area contributed by atoms with Gasteiger partial charge in [-0.15, -0.1) is 6.42 Å². The molecule has 0 atom stereocenters. The Kier molecular flexibility index (Phi) is 6.80. The van der Waals surface area contributed by atoms with Crippen molar-refractivity contribution < 1.29 is 9.84 Å². The third-order valence-electron chi connectivity index (χ3n) is 4.38. The average Bonchev–Trinajstić information content (AvgIpc) is 2.80. The van der Waals surface area contributed by atoms with Crippen LogP contribution in [0.15, 0.2) is 85.2 Å². The molecule has 0 unspecified atom stereocenters. The molecule has 1 aromatic carbocycles. The summed E-state index contributed by atoms with van der Waals surface area (Å²) >= 11 is 0. The van der Waals surface area contributed by atoms with E-state index in [0.29, 0.717) is 18.8 Å². The maximum atomic E-state index is 10.1. The van der Waals surface area contributed by atoms with Crippen molar-refractivity contribution in [1.82, 2.24) is 15.0 Å². The van der Waals surface area contributed by atoms with Gasteiger partial charge in [-0.3, -0.25) is 9.97 Å². The number of aliphatic hydroxyl groups excluding tert-OH is 1. The number of allylic oxidation sites excluding steroid dienone is 2. The van der Waals surface area contributed by atoms with Gasteiger partial charge in [-0.2, -0.15) is 0 Å². The zero-order chi connectivity index (χ0) is 21.3. The summed E-state index contributed by atoms with van der Waals surface area (Å²) in [5, 5.41) is 10.1.